The zero-order chi connectivity index (χ0) is 37.5. The summed E-state index contributed by atoms with van der Waals surface area (Å²) in [5, 5.41) is 11.4. The molecule has 0 fully saturated rings. The molecule has 1 heterocycles. The van der Waals surface area contributed by atoms with Gasteiger partial charge in [0.15, 0.2) is 5.76 Å². The third-order valence-electron chi connectivity index (χ3n) is 7.06. The Bertz CT molecular complexity index is 1330. The maximum absolute atomic E-state index is 13.1. The van der Waals surface area contributed by atoms with Crippen LogP contribution in [0.5, 0.6) is 0 Å². The lowest BCUT2D eigenvalue weighted by Crippen LogP contribution is -2.52. The van der Waals surface area contributed by atoms with Crippen molar-refractivity contribution >= 4 is 54.0 Å². The number of esters is 1. The second-order valence-corrected chi connectivity index (χ2v) is 13.6. The molecule has 0 aromatic rings. The predicted octanol–water partition coefficient (Wildman–Crippen LogP) is 5.29. The van der Waals surface area contributed by atoms with Crippen molar-refractivity contribution in [3.05, 3.63) is 71.2 Å². The number of methoxy groups -OCH3 is 1. The molecule has 14 heteroatoms. The number of alkyl carbamates (subject to hydrolysis) is 1. The normalized spacial score (nSPS) is 16.8. The number of nitrogens with one attached hydrogen (secondary N) is 4. The lowest BCUT2D eigenvalue weighted by molar-refractivity contribution is -0.149. The first-order valence-electron chi connectivity index (χ1n) is 16.5. The first-order valence-corrected chi connectivity index (χ1v) is 17.5. The SMILES string of the molecule is COC1=CCC(C/C=C(C)/C=C\C=C/C(=O)NC(C(=O)N/C=C\CC(C/C=C(\C)Cl)OC(=O)NCCCNC(=O)CCS)C(C)(C)C)OC1=O. The van der Waals surface area contributed by atoms with Gasteiger partial charge in [-0.15, -0.1) is 0 Å². The molecule has 0 radical (unpaired) electrons. The number of carbonyl (C=O) groups is 5. The van der Waals surface area contributed by atoms with Gasteiger partial charge in [0.25, 0.3) is 0 Å². The number of carbonyl (C=O) groups excluding carboxylic acids is 5. The van der Waals surface area contributed by atoms with E-state index >= 15 is 0 Å². The summed E-state index contributed by atoms with van der Waals surface area (Å²) >= 11 is 10.00. The van der Waals surface area contributed by atoms with Crippen LogP contribution in [0, 0.1) is 5.41 Å². The van der Waals surface area contributed by atoms with Gasteiger partial charge in [0.2, 0.25) is 17.7 Å². The molecule has 12 nitrogen and oxygen atoms in total. The van der Waals surface area contributed by atoms with Crippen LogP contribution in [0.1, 0.15) is 73.1 Å². The van der Waals surface area contributed by atoms with E-state index in [9.17, 15) is 24.0 Å². The molecule has 3 unspecified atom stereocenters. The average Bonchev–Trinajstić information content (AvgIpc) is 3.04. The Kier molecular flexibility index (Phi) is 21.3. The number of cyclic esters (lactones) is 1. The lowest BCUT2D eigenvalue weighted by Gasteiger charge is -2.29. The second-order valence-electron chi connectivity index (χ2n) is 12.5. The smallest absolute Gasteiger partial charge is 0.407 e. The summed E-state index contributed by atoms with van der Waals surface area (Å²) in [6.07, 6.45) is 16.2. The minimum absolute atomic E-state index is 0.0933. The molecular weight excluding hydrogens is 684 g/mol. The van der Waals surface area contributed by atoms with Crippen LogP contribution in [0.15, 0.2) is 71.2 Å². The van der Waals surface area contributed by atoms with E-state index in [-0.39, 0.29) is 17.8 Å². The topological polar surface area (TPSA) is 161 Å². The number of halogens is 1. The van der Waals surface area contributed by atoms with Gasteiger partial charge < -0.3 is 35.5 Å². The summed E-state index contributed by atoms with van der Waals surface area (Å²) < 4.78 is 15.8. The van der Waals surface area contributed by atoms with Crippen LogP contribution in [0.2, 0.25) is 0 Å². The Labute approximate surface area is 306 Å². The molecule has 0 saturated heterocycles. The number of rotatable bonds is 20. The largest absolute Gasteiger partial charge is 0.490 e. The van der Waals surface area contributed by atoms with E-state index in [1.54, 1.807) is 37.3 Å². The molecule has 0 spiro atoms. The number of allylic oxidation sites excluding steroid dienone is 5. The molecule has 0 aromatic heterocycles. The van der Waals surface area contributed by atoms with Gasteiger partial charge >= 0.3 is 12.1 Å². The number of hydrogen-bond donors (Lipinski definition) is 5. The van der Waals surface area contributed by atoms with E-state index in [0.717, 1.165) is 5.57 Å². The highest BCUT2D eigenvalue weighted by atomic mass is 35.5. The van der Waals surface area contributed by atoms with E-state index in [2.05, 4.69) is 33.9 Å². The third kappa shape index (κ3) is 19.9. The Hall–Kier alpha value is -3.97. The maximum Gasteiger partial charge on any atom is 0.407 e. The maximum atomic E-state index is 13.1. The van der Waals surface area contributed by atoms with Gasteiger partial charge in [-0.2, -0.15) is 12.6 Å². The van der Waals surface area contributed by atoms with Crippen molar-refractivity contribution in [1.82, 2.24) is 21.3 Å². The van der Waals surface area contributed by atoms with Crippen LogP contribution in [0.4, 0.5) is 4.79 Å². The molecule has 4 amide bonds. The Balaban J connectivity index is 2.63. The van der Waals surface area contributed by atoms with Gasteiger partial charge in [-0.3, -0.25) is 14.4 Å². The highest BCUT2D eigenvalue weighted by Crippen LogP contribution is 2.20. The van der Waals surface area contributed by atoms with Crippen molar-refractivity contribution in [3.63, 3.8) is 0 Å². The van der Waals surface area contributed by atoms with Crippen molar-refractivity contribution in [3.8, 4) is 0 Å². The zero-order valence-corrected chi connectivity index (χ0v) is 31.5. The van der Waals surface area contributed by atoms with Crippen LogP contribution in [-0.4, -0.2) is 74.0 Å². The summed E-state index contributed by atoms with van der Waals surface area (Å²) in [4.78, 5) is 61.4. The van der Waals surface area contributed by atoms with E-state index in [1.165, 1.54) is 19.4 Å². The van der Waals surface area contributed by atoms with Crippen molar-refractivity contribution in [2.75, 3.05) is 26.0 Å². The van der Waals surface area contributed by atoms with E-state index in [0.29, 0.717) is 62.4 Å². The number of amides is 4. The summed E-state index contributed by atoms with van der Waals surface area (Å²) in [7, 11) is 1.43. The molecule has 1 aliphatic rings. The summed E-state index contributed by atoms with van der Waals surface area (Å²) in [5.74, 6) is -0.725. The molecule has 278 valence electrons. The van der Waals surface area contributed by atoms with Crippen LogP contribution < -0.4 is 21.3 Å². The van der Waals surface area contributed by atoms with Gasteiger partial charge in [-0.25, -0.2) is 9.59 Å². The number of ether oxygens (including phenoxy) is 3. The fourth-order valence-corrected chi connectivity index (χ4v) is 4.60. The quantitative estimate of drug-likeness (QED) is 0.0371. The fraction of sp³-hybridized carbons (Fsp3) is 0.528. The lowest BCUT2D eigenvalue weighted by atomic mass is 9.86. The van der Waals surface area contributed by atoms with Gasteiger partial charge in [-0.05, 0) is 43.7 Å². The Morgan fingerprint density at radius 2 is 1.78 bits per heavy atom. The number of thiol groups is 1. The summed E-state index contributed by atoms with van der Waals surface area (Å²) in [6.45, 7) is 9.88. The number of hydrogen-bond acceptors (Lipinski definition) is 9. The van der Waals surface area contributed by atoms with E-state index in [1.807, 2.05) is 39.8 Å². The average molecular weight is 737 g/mol. The van der Waals surface area contributed by atoms with Crippen LogP contribution in [0.25, 0.3) is 0 Å². The van der Waals surface area contributed by atoms with Crippen molar-refractivity contribution in [1.29, 1.82) is 0 Å². The van der Waals surface area contributed by atoms with Gasteiger partial charge in [-0.1, -0.05) is 74.4 Å². The molecular formula is C36H53ClN4O8S. The molecule has 0 aliphatic carbocycles. The van der Waals surface area contributed by atoms with Gasteiger partial charge in [0, 0.05) is 56.3 Å². The van der Waals surface area contributed by atoms with Crippen molar-refractivity contribution in [2.24, 2.45) is 5.41 Å². The molecule has 50 heavy (non-hydrogen) atoms. The molecule has 4 N–H and O–H groups in total. The molecule has 1 rings (SSSR count). The van der Waals surface area contributed by atoms with Gasteiger partial charge in [0.05, 0.1) is 7.11 Å². The first-order chi connectivity index (χ1) is 23.7. The molecule has 1 aliphatic heterocycles. The van der Waals surface area contributed by atoms with E-state index < -0.39 is 41.4 Å². The minimum Gasteiger partial charge on any atom is -0.490 e. The van der Waals surface area contributed by atoms with Crippen molar-refractivity contribution in [2.45, 2.75) is 91.4 Å². The minimum atomic E-state index is -0.844. The first kappa shape index (κ1) is 44.1. The highest BCUT2D eigenvalue weighted by molar-refractivity contribution is 7.80. The second kappa shape index (κ2) is 24.2. The van der Waals surface area contributed by atoms with Crippen LogP contribution in [0.3, 0.4) is 0 Å². The fourth-order valence-electron chi connectivity index (χ4n) is 4.31. The molecule has 0 bridgehead atoms. The summed E-state index contributed by atoms with van der Waals surface area (Å²) in [5.41, 5.74) is 0.330. The van der Waals surface area contributed by atoms with Crippen LogP contribution >= 0.6 is 24.2 Å². The third-order valence-corrected chi connectivity index (χ3v) is 7.44. The Morgan fingerprint density at radius 3 is 2.42 bits per heavy atom. The van der Waals surface area contributed by atoms with Crippen molar-refractivity contribution < 1.29 is 38.2 Å². The molecule has 0 aromatic carbocycles. The predicted molar refractivity (Wildman–Crippen MR) is 198 cm³/mol. The van der Waals surface area contributed by atoms with Gasteiger partial charge in [0.1, 0.15) is 18.2 Å². The molecule has 0 saturated carbocycles. The monoisotopic (exact) mass is 736 g/mol. The van der Waals surface area contributed by atoms with Crippen LogP contribution in [-0.2, 0) is 33.4 Å². The highest BCUT2D eigenvalue weighted by Gasteiger charge is 2.32. The summed E-state index contributed by atoms with van der Waals surface area (Å²) in [6, 6.07) is -0.844. The zero-order valence-electron chi connectivity index (χ0n) is 29.9. The Morgan fingerprint density at radius 1 is 1.08 bits per heavy atom. The molecule has 3 atom stereocenters. The standard InChI is InChI=1S/C36H53ClN4O8S/c1-25(14-16-28-18-19-29(47-6)34(45)48-28)11-7-8-13-31(43)41-32(36(3,4)5)33(44)39-21-9-12-27(17-15-26(2)37)49-35(46)40-23-10-22-38-30(42)20-24-50/h7-9,11,13-15,19,21,27-28,32,50H,10,12,16-18,20,22-24H2,1-6H3,(H,38,42)(H,39,44)(H,40,46)(H,41,43)/b11-7-,13-8-,21-9-,25-14+,26-15+. The van der Waals surface area contributed by atoms with E-state index in [4.69, 9.17) is 25.8 Å².